The topological polar surface area (TPSA) is 109 Å². The summed E-state index contributed by atoms with van der Waals surface area (Å²) in [5.74, 6) is -0.601. The van der Waals surface area contributed by atoms with E-state index in [0.717, 1.165) is 0 Å². The largest absolute Gasteiger partial charge is 0.493 e. The van der Waals surface area contributed by atoms with Gasteiger partial charge in [0, 0.05) is 11.8 Å². The molecule has 0 aliphatic rings. The third-order valence-electron chi connectivity index (χ3n) is 3.68. The lowest BCUT2D eigenvalue weighted by Crippen LogP contribution is -2.18. The minimum atomic E-state index is -0.680. The highest BCUT2D eigenvalue weighted by molar-refractivity contribution is 6.12. The molecule has 138 valence electrons. The molecule has 2 aromatic rings. The number of ether oxygens (including phenoxy) is 4. The fourth-order valence-corrected chi connectivity index (χ4v) is 2.44. The van der Waals surface area contributed by atoms with Crippen molar-refractivity contribution in [1.29, 1.82) is 0 Å². The zero-order chi connectivity index (χ0) is 19.3. The standard InChI is InChI=1S/C18H20N2O6/c1-23-13-9-11(18(22)26-4)14(16(25-3)15(13)24-2)20-17(21)10-7-5-6-8-12(10)19/h5-9H,19H2,1-4H3,(H,20,21). The molecule has 0 fully saturated rings. The maximum Gasteiger partial charge on any atom is 0.340 e. The van der Waals surface area contributed by atoms with Crippen molar-refractivity contribution in [1.82, 2.24) is 0 Å². The fourth-order valence-electron chi connectivity index (χ4n) is 2.44. The lowest BCUT2D eigenvalue weighted by atomic mass is 10.1. The molecule has 0 atom stereocenters. The van der Waals surface area contributed by atoms with Gasteiger partial charge in [-0.2, -0.15) is 0 Å². The van der Waals surface area contributed by atoms with Gasteiger partial charge in [0.15, 0.2) is 11.5 Å². The summed E-state index contributed by atoms with van der Waals surface area (Å²) in [6.45, 7) is 0. The molecule has 26 heavy (non-hydrogen) atoms. The number of carbonyl (C=O) groups is 2. The van der Waals surface area contributed by atoms with Crippen LogP contribution in [0.4, 0.5) is 11.4 Å². The zero-order valence-electron chi connectivity index (χ0n) is 14.9. The molecule has 3 N–H and O–H groups in total. The van der Waals surface area contributed by atoms with Gasteiger partial charge in [-0.25, -0.2) is 4.79 Å². The van der Waals surface area contributed by atoms with Crippen molar-refractivity contribution in [3.8, 4) is 17.2 Å². The molecule has 2 rings (SSSR count). The van der Waals surface area contributed by atoms with Crippen LogP contribution in [0.25, 0.3) is 0 Å². The molecule has 0 saturated carbocycles. The number of carbonyl (C=O) groups excluding carboxylic acids is 2. The van der Waals surface area contributed by atoms with E-state index in [9.17, 15) is 9.59 Å². The van der Waals surface area contributed by atoms with Crippen molar-refractivity contribution in [2.75, 3.05) is 39.5 Å². The first-order valence-corrected chi connectivity index (χ1v) is 7.55. The van der Waals surface area contributed by atoms with Gasteiger partial charge in [-0.1, -0.05) is 12.1 Å². The highest BCUT2D eigenvalue weighted by atomic mass is 16.5. The quantitative estimate of drug-likeness (QED) is 0.601. The number of methoxy groups -OCH3 is 4. The predicted octanol–water partition coefficient (Wildman–Crippen LogP) is 2.33. The van der Waals surface area contributed by atoms with E-state index in [1.807, 2.05) is 0 Å². The summed E-state index contributed by atoms with van der Waals surface area (Å²) >= 11 is 0. The predicted molar refractivity (Wildman–Crippen MR) is 96.2 cm³/mol. The number of hydrogen-bond donors (Lipinski definition) is 2. The normalized spacial score (nSPS) is 10.0. The van der Waals surface area contributed by atoms with E-state index >= 15 is 0 Å². The second-order valence-corrected chi connectivity index (χ2v) is 5.10. The van der Waals surface area contributed by atoms with Crippen molar-refractivity contribution in [2.45, 2.75) is 0 Å². The van der Waals surface area contributed by atoms with Gasteiger partial charge in [0.2, 0.25) is 5.75 Å². The van der Waals surface area contributed by atoms with Gasteiger partial charge in [0.1, 0.15) is 5.69 Å². The van der Waals surface area contributed by atoms with Gasteiger partial charge in [-0.05, 0) is 12.1 Å². The Hall–Kier alpha value is -3.42. The first kappa shape index (κ1) is 18.9. The van der Waals surface area contributed by atoms with Gasteiger partial charge in [-0.3, -0.25) is 4.79 Å². The molecule has 2 aromatic carbocycles. The van der Waals surface area contributed by atoms with E-state index in [1.54, 1.807) is 24.3 Å². The fraction of sp³-hybridized carbons (Fsp3) is 0.222. The first-order chi connectivity index (χ1) is 12.5. The summed E-state index contributed by atoms with van der Waals surface area (Å²) in [7, 11) is 5.44. The molecule has 0 unspecified atom stereocenters. The molecule has 0 spiro atoms. The summed E-state index contributed by atoms with van der Waals surface area (Å²) in [5.41, 5.74) is 6.52. The lowest BCUT2D eigenvalue weighted by molar-refractivity contribution is 0.0601. The van der Waals surface area contributed by atoms with Crippen LogP contribution in [0.15, 0.2) is 30.3 Å². The van der Waals surface area contributed by atoms with Crippen molar-refractivity contribution >= 4 is 23.3 Å². The monoisotopic (exact) mass is 360 g/mol. The number of para-hydroxylation sites is 1. The Morgan fingerprint density at radius 1 is 0.923 bits per heavy atom. The molecule has 0 aliphatic carbocycles. The minimum absolute atomic E-state index is 0.0462. The molecule has 0 radical (unpaired) electrons. The van der Waals surface area contributed by atoms with E-state index in [4.69, 9.17) is 24.7 Å². The van der Waals surface area contributed by atoms with E-state index in [0.29, 0.717) is 5.69 Å². The van der Waals surface area contributed by atoms with Gasteiger partial charge in [0.05, 0.1) is 39.6 Å². The lowest BCUT2D eigenvalue weighted by Gasteiger charge is -2.19. The van der Waals surface area contributed by atoms with Crippen LogP contribution in [-0.4, -0.2) is 40.3 Å². The molecule has 8 heteroatoms. The van der Waals surface area contributed by atoms with Gasteiger partial charge in [-0.15, -0.1) is 0 Å². The summed E-state index contributed by atoms with van der Waals surface area (Å²) in [5, 5.41) is 2.65. The minimum Gasteiger partial charge on any atom is -0.493 e. The Kier molecular flexibility index (Phi) is 5.90. The highest BCUT2D eigenvalue weighted by Gasteiger charge is 2.26. The summed E-state index contributed by atoms with van der Waals surface area (Å²) in [6, 6.07) is 7.95. The smallest absolute Gasteiger partial charge is 0.340 e. The number of nitrogens with one attached hydrogen (secondary N) is 1. The first-order valence-electron chi connectivity index (χ1n) is 7.55. The van der Waals surface area contributed by atoms with Crippen molar-refractivity contribution in [3.63, 3.8) is 0 Å². The second-order valence-electron chi connectivity index (χ2n) is 5.10. The maximum absolute atomic E-state index is 12.6. The number of nitrogens with two attached hydrogens (primary N) is 1. The van der Waals surface area contributed by atoms with Gasteiger partial charge < -0.3 is 30.0 Å². The summed E-state index contributed by atoms with van der Waals surface area (Å²) in [6.07, 6.45) is 0. The summed E-state index contributed by atoms with van der Waals surface area (Å²) < 4.78 is 20.7. The Bertz CT molecular complexity index is 835. The van der Waals surface area contributed by atoms with Crippen LogP contribution in [0.3, 0.4) is 0 Å². The molecule has 0 saturated heterocycles. The van der Waals surface area contributed by atoms with Crippen LogP contribution in [0, 0.1) is 0 Å². The average molecular weight is 360 g/mol. The summed E-state index contributed by atoms with van der Waals surface area (Å²) in [4.78, 5) is 24.9. The SMILES string of the molecule is COC(=O)c1cc(OC)c(OC)c(OC)c1NC(=O)c1ccccc1N. The highest BCUT2D eigenvalue weighted by Crippen LogP contribution is 2.45. The zero-order valence-corrected chi connectivity index (χ0v) is 14.9. The van der Waals surface area contributed by atoms with Crippen molar-refractivity contribution in [3.05, 3.63) is 41.5 Å². The molecular formula is C18H20N2O6. The molecular weight excluding hydrogens is 340 g/mol. The second kappa shape index (κ2) is 8.11. The molecule has 0 heterocycles. The molecule has 0 aliphatic heterocycles. The van der Waals surface area contributed by atoms with E-state index in [-0.39, 0.29) is 34.1 Å². The molecule has 8 nitrogen and oxygen atoms in total. The number of esters is 1. The number of rotatable bonds is 6. The van der Waals surface area contributed by atoms with E-state index < -0.39 is 11.9 Å². The number of hydrogen-bond acceptors (Lipinski definition) is 7. The third kappa shape index (κ3) is 3.49. The van der Waals surface area contributed by atoms with Crippen LogP contribution >= 0.6 is 0 Å². The third-order valence-corrected chi connectivity index (χ3v) is 3.68. The molecule has 0 bridgehead atoms. The Balaban J connectivity index is 2.63. The van der Waals surface area contributed by atoms with Crippen LogP contribution in [0.2, 0.25) is 0 Å². The van der Waals surface area contributed by atoms with Crippen molar-refractivity contribution in [2.24, 2.45) is 0 Å². The van der Waals surface area contributed by atoms with Crippen LogP contribution in [0.1, 0.15) is 20.7 Å². The number of amides is 1. The van der Waals surface area contributed by atoms with Crippen LogP contribution in [-0.2, 0) is 4.74 Å². The van der Waals surface area contributed by atoms with Gasteiger partial charge >= 0.3 is 5.97 Å². The van der Waals surface area contributed by atoms with Crippen LogP contribution in [0.5, 0.6) is 17.2 Å². The molecule has 1 amide bonds. The van der Waals surface area contributed by atoms with Gasteiger partial charge in [0.25, 0.3) is 5.91 Å². The van der Waals surface area contributed by atoms with Crippen molar-refractivity contribution < 1.29 is 28.5 Å². The van der Waals surface area contributed by atoms with E-state index in [1.165, 1.54) is 34.5 Å². The van der Waals surface area contributed by atoms with E-state index in [2.05, 4.69) is 5.32 Å². The number of nitrogen functional groups attached to an aromatic ring is 1. The van der Waals surface area contributed by atoms with Crippen LogP contribution < -0.4 is 25.3 Å². The Labute approximate surface area is 150 Å². The Morgan fingerprint density at radius 3 is 2.12 bits per heavy atom. The average Bonchev–Trinajstić information content (AvgIpc) is 2.66. The molecule has 0 aromatic heterocycles. The number of anilines is 2. The maximum atomic E-state index is 12.6. The number of benzene rings is 2. The Morgan fingerprint density at radius 2 is 1.58 bits per heavy atom.